The minimum atomic E-state index is 0.207. The molecular weight excluding hydrogens is 358 g/mol. The van der Waals surface area contributed by atoms with E-state index in [2.05, 4.69) is 78.1 Å². The normalized spacial score (nSPS) is 19.2. The van der Waals surface area contributed by atoms with Crippen molar-refractivity contribution < 1.29 is 9.47 Å². The van der Waals surface area contributed by atoms with Crippen molar-refractivity contribution in [1.82, 2.24) is 5.32 Å². The van der Waals surface area contributed by atoms with Gasteiger partial charge < -0.3 is 14.8 Å². The van der Waals surface area contributed by atoms with Crippen LogP contribution in [0.5, 0.6) is 5.75 Å². The van der Waals surface area contributed by atoms with Gasteiger partial charge in [-0.2, -0.15) is 0 Å². The van der Waals surface area contributed by atoms with Gasteiger partial charge in [0.05, 0.1) is 19.8 Å². The van der Waals surface area contributed by atoms with E-state index in [-0.39, 0.29) is 12.0 Å². The highest BCUT2D eigenvalue weighted by atomic mass is 16.5. The number of ether oxygens (including phenoxy) is 2. The Morgan fingerprint density at radius 1 is 0.862 bits per heavy atom. The Morgan fingerprint density at radius 2 is 1.48 bits per heavy atom. The summed E-state index contributed by atoms with van der Waals surface area (Å²) in [6, 6.07) is 30.1. The molecule has 1 heterocycles. The molecule has 2 atom stereocenters. The second-order valence-electron chi connectivity index (χ2n) is 7.67. The van der Waals surface area contributed by atoms with Crippen LogP contribution in [-0.2, 0) is 11.3 Å². The fraction of sp³-hybridized carbons (Fsp3) is 0.308. The summed E-state index contributed by atoms with van der Waals surface area (Å²) in [6.45, 7) is 1.60. The van der Waals surface area contributed by atoms with Crippen LogP contribution in [0, 0.1) is 0 Å². The summed E-state index contributed by atoms with van der Waals surface area (Å²) in [5.74, 6) is 1.17. The van der Waals surface area contributed by atoms with Gasteiger partial charge in [0.1, 0.15) is 5.75 Å². The first kappa shape index (κ1) is 19.7. The zero-order valence-electron chi connectivity index (χ0n) is 17.0. The zero-order chi connectivity index (χ0) is 19.9. The molecule has 3 heteroatoms. The summed E-state index contributed by atoms with van der Waals surface area (Å²) in [6.07, 6.45) is 2.38. The van der Waals surface area contributed by atoms with Crippen LogP contribution in [0.3, 0.4) is 0 Å². The van der Waals surface area contributed by atoms with Crippen LogP contribution in [0.15, 0.2) is 84.9 Å². The van der Waals surface area contributed by atoms with E-state index in [9.17, 15) is 0 Å². The van der Waals surface area contributed by atoms with Gasteiger partial charge in [-0.05, 0) is 41.7 Å². The molecule has 0 aliphatic carbocycles. The van der Waals surface area contributed by atoms with Gasteiger partial charge in [-0.3, -0.25) is 0 Å². The predicted molar refractivity (Wildman–Crippen MR) is 117 cm³/mol. The number of hydrogen-bond acceptors (Lipinski definition) is 3. The van der Waals surface area contributed by atoms with Gasteiger partial charge in [0.15, 0.2) is 0 Å². The van der Waals surface area contributed by atoms with Crippen molar-refractivity contribution in [2.45, 2.75) is 37.5 Å². The minimum absolute atomic E-state index is 0.207. The summed E-state index contributed by atoms with van der Waals surface area (Å²) in [5, 5.41) is 3.65. The van der Waals surface area contributed by atoms with Gasteiger partial charge in [-0.25, -0.2) is 0 Å². The summed E-state index contributed by atoms with van der Waals surface area (Å²) in [5.41, 5.74) is 3.92. The Labute approximate surface area is 173 Å². The molecular formula is C26H29NO2. The lowest BCUT2D eigenvalue weighted by Gasteiger charge is -2.35. The summed E-state index contributed by atoms with van der Waals surface area (Å²) >= 11 is 0. The van der Waals surface area contributed by atoms with E-state index in [1.54, 1.807) is 7.11 Å². The molecule has 0 saturated carbocycles. The van der Waals surface area contributed by atoms with Gasteiger partial charge in [-0.15, -0.1) is 0 Å². The Kier molecular flexibility index (Phi) is 6.60. The molecule has 1 aliphatic rings. The summed E-state index contributed by atoms with van der Waals surface area (Å²) in [4.78, 5) is 0. The molecule has 0 unspecified atom stereocenters. The second-order valence-corrected chi connectivity index (χ2v) is 7.67. The third kappa shape index (κ3) is 5.06. The van der Waals surface area contributed by atoms with Crippen LogP contribution in [0.2, 0.25) is 0 Å². The molecule has 1 N–H and O–H groups in total. The van der Waals surface area contributed by atoms with Gasteiger partial charge in [-0.1, -0.05) is 72.8 Å². The van der Waals surface area contributed by atoms with Crippen molar-refractivity contribution >= 4 is 0 Å². The van der Waals surface area contributed by atoms with Crippen LogP contribution in [0.1, 0.15) is 35.4 Å². The standard InChI is InChI=1S/C26H29NO2/c1-28-24-15-12-20(13-16-24)18-27-23-14-17-25(29-19-23)26(21-8-4-2-5-9-21)22-10-6-3-7-11-22/h2-13,15-16,23,25-27H,14,17-19H2,1H3/t23-,25-/m1/s1. The lowest BCUT2D eigenvalue weighted by Crippen LogP contribution is -2.41. The number of benzene rings is 3. The lowest BCUT2D eigenvalue weighted by atomic mass is 9.83. The van der Waals surface area contributed by atoms with Crippen LogP contribution < -0.4 is 10.1 Å². The Bertz CT molecular complexity index is 817. The molecule has 0 aromatic heterocycles. The molecule has 3 aromatic rings. The molecule has 1 aliphatic heterocycles. The van der Waals surface area contributed by atoms with E-state index in [1.807, 2.05) is 12.1 Å². The van der Waals surface area contributed by atoms with Crippen molar-refractivity contribution in [3.8, 4) is 5.75 Å². The molecule has 3 nitrogen and oxygen atoms in total. The maximum Gasteiger partial charge on any atom is 0.118 e. The van der Waals surface area contributed by atoms with Crippen molar-refractivity contribution in [1.29, 1.82) is 0 Å². The Hall–Kier alpha value is -2.62. The fourth-order valence-corrected chi connectivity index (χ4v) is 4.14. The van der Waals surface area contributed by atoms with E-state index < -0.39 is 0 Å². The third-order valence-electron chi connectivity index (χ3n) is 5.75. The highest BCUT2D eigenvalue weighted by Gasteiger charge is 2.30. The van der Waals surface area contributed by atoms with Gasteiger partial charge in [0.25, 0.3) is 0 Å². The Balaban J connectivity index is 1.37. The third-order valence-corrected chi connectivity index (χ3v) is 5.75. The molecule has 0 amide bonds. The molecule has 29 heavy (non-hydrogen) atoms. The monoisotopic (exact) mass is 387 g/mol. The molecule has 4 rings (SSSR count). The van der Waals surface area contributed by atoms with Gasteiger partial charge in [0, 0.05) is 18.5 Å². The molecule has 0 radical (unpaired) electrons. The molecule has 1 fully saturated rings. The number of methoxy groups -OCH3 is 1. The quantitative estimate of drug-likeness (QED) is 0.607. The first-order valence-electron chi connectivity index (χ1n) is 10.4. The second kappa shape index (κ2) is 9.73. The van der Waals surface area contributed by atoms with Crippen LogP contribution in [0.25, 0.3) is 0 Å². The van der Waals surface area contributed by atoms with Crippen LogP contribution in [0.4, 0.5) is 0 Å². The average Bonchev–Trinajstić information content (AvgIpc) is 2.80. The zero-order valence-corrected chi connectivity index (χ0v) is 17.0. The predicted octanol–water partition coefficient (Wildman–Crippen LogP) is 5.16. The van der Waals surface area contributed by atoms with Gasteiger partial charge in [0.2, 0.25) is 0 Å². The van der Waals surface area contributed by atoms with Crippen LogP contribution in [-0.4, -0.2) is 25.9 Å². The smallest absolute Gasteiger partial charge is 0.118 e. The maximum absolute atomic E-state index is 6.40. The van der Waals surface area contributed by atoms with Gasteiger partial charge >= 0.3 is 0 Å². The number of rotatable bonds is 7. The molecule has 0 bridgehead atoms. The van der Waals surface area contributed by atoms with Crippen molar-refractivity contribution in [3.63, 3.8) is 0 Å². The van der Waals surface area contributed by atoms with E-state index >= 15 is 0 Å². The first-order valence-corrected chi connectivity index (χ1v) is 10.4. The van der Waals surface area contributed by atoms with Crippen molar-refractivity contribution in [2.24, 2.45) is 0 Å². The molecule has 150 valence electrons. The van der Waals surface area contributed by atoms with Crippen molar-refractivity contribution in [3.05, 3.63) is 102 Å². The summed E-state index contributed by atoms with van der Waals surface area (Å²) < 4.78 is 11.6. The molecule has 3 aromatic carbocycles. The minimum Gasteiger partial charge on any atom is -0.497 e. The highest BCUT2D eigenvalue weighted by molar-refractivity contribution is 5.34. The largest absolute Gasteiger partial charge is 0.497 e. The maximum atomic E-state index is 6.40. The summed E-state index contributed by atoms with van der Waals surface area (Å²) in [7, 11) is 1.70. The van der Waals surface area contributed by atoms with E-state index in [1.165, 1.54) is 16.7 Å². The van der Waals surface area contributed by atoms with E-state index in [0.29, 0.717) is 6.04 Å². The van der Waals surface area contributed by atoms with E-state index in [4.69, 9.17) is 9.47 Å². The lowest BCUT2D eigenvalue weighted by molar-refractivity contribution is -0.0116. The highest BCUT2D eigenvalue weighted by Crippen LogP contribution is 2.34. The molecule has 1 saturated heterocycles. The SMILES string of the molecule is COc1ccc(CN[C@@H]2CC[C@H](C(c3ccccc3)c3ccccc3)OC2)cc1. The number of hydrogen-bond donors (Lipinski definition) is 1. The topological polar surface area (TPSA) is 30.5 Å². The fourth-order valence-electron chi connectivity index (χ4n) is 4.14. The molecule has 0 spiro atoms. The average molecular weight is 388 g/mol. The van der Waals surface area contributed by atoms with Crippen molar-refractivity contribution in [2.75, 3.05) is 13.7 Å². The first-order chi connectivity index (χ1) is 14.3. The van der Waals surface area contributed by atoms with Crippen LogP contribution >= 0.6 is 0 Å². The number of nitrogens with one attached hydrogen (secondary N) is 1. The van der Waals surface area contributed by atoms with E-state index in [0.717, 1.165) is 31.7 Å². The Morgan fingerprint density at radius 3 is 2.00 bits per heavy atom.